The summed E-state index contributed by atoms with van der Waals surface area (Å²) in [4.78, 5) is 12.2. The van der Waals surface area contributed by atoms with Crippen molar-refractivity contribution in [1.82, 2.24) is 5.43 Å². The normalized spacial score (nSPS) is 10.5. The molecule has 7 heteroatoms. The van der Waals surface area contributed by atoms with Gasteiger partial charge in [-0.25, -0.2) is 5.43 Å². The molecular weight excluding hydrogens is 458 g/mol. The summed E-state index contributed by atoms with van der Waals surface area (Å²) < 4.78 is 12.3. The highest BCUT2D eigenvalue weighted by Gasteiger charge is 2.09. The van der Waals surface area contributed by atoms with Crippen molar-refractivity contribution in [3.8, 4) is 17.6 Å². The Balaban J connectivity index is 1.69. The number of carbonyl (C=O) groups excluding carboxylic acids is 1. The molecule has 0 fully saturated rings. The first-order valence-electron chi connectivity index (χ1n) is 9.58. The van der Waals surface area contributed by atoms with Crippen molar-refractivity contribution in [1.29, 1.82) is 5.26 Å². The number of carbonyl (C=O) groups is 1. The van der Waals surface area contributed by atoms with Gasteiger partial charge in [-0.15, -0.1) is 0 Å². The summed E-state index contributed by atoms with van der Waals surface area (Å²) in [7, 11) is 0. The van der Waals surface area contributed by atoms with E-state index in [1.807, 2.05) is 37.3 Å². The van der Waals surface area contributed by atoms with Crippen LogP contribution in [0.15, 0.2) is 76.3 Å². The van der Waals surface area contributed by atoms with Crippen LogP contribution in [0.3, 0.4) is 0 Å². The van der Waals surface area contributed by atoms with E-state index in [1.165, 1.54) is 6.21 Å². The number of benzene rings is 3. The SMILES string of the molecule is CCOc1cc(/C=N\NC(=O)c2ccccc2Br)ccc1OCc1ccccc1C#N. The first kappa shape index (κ1) is 22.1. The number of amides is 1. The minimum Gasteiger partial charge on any atom is -0.490 e. The third-order valence-electron chi connectivity index (χ3n) is 4.29. The van der Waals surface area contributed by atoms with Crippen molar-refractivity contribution >= 4 is 28.1 Å². The van der Waals surface area contributed by atoms with Gasteiger partial charge in [-0.2, -0.15) is 10.4 Å². The van der Waals surface area contributed by atoms with Gasteiger partial charge in [0.05, 0.1) is 30.0 Å². The van der Waals surface area contributed by atoms with Gasteiger partial charge in [-0.3, -0.25) is 4.79 Å². The van der Waals surface area contributed by atoms with Crippen molar-refractivity contribution in [2.24, 2.45) is 5.10 Å². The van der Waals surface area contributed by atoms with E-state index in [0.29, 0.717) is 33.7 Å². The topological polar surface area (TPSA) is 83.7 Å². The Morgan fingerprint density at radius 3 is 2.65 bits per heavy atom. The van der Waals surface area contributed by atoms with Gasteiger partial charge in [0, 0.05) is 10.0 Å². The molecule has 1 amide bonds. The molecule has 156 valence electrons. The lowest BCUT2D eigenvalue weighted by Crippen LogP contribution is -2.18. The van der Waals surface area contributed by atoms with Crippen LogP contribution in [0.25, 0.3) is 0 Å². The van der Waals surface area contributed by atoms with Crippen LogP contribution in [0, 0.1) is 11.3 Å². The summed E-state index contributed by atoms with van der Waals surface area (Å²) in [6.45, 7) is 2.59. The summed E-state index contributed by atoms with van der Waals surface area (Å²) in [5, 5.41) is 13.3. The van der Waals surface area contributed by atoms with Gasteiger partial charge in [0.1, 0.15) is 6.61 Å². The Kier molecular flexibility index (Phi) is 7.79. The second-order valence-electron chi connectivity index (χ2n) is 6.38. The molecule has 0 aliphatic carbocycles. The second kappa shape index (κ2) is 11.0. The molecule has 0 aliphatic heterocycles. The molecule has 0 atom stereocenters. The van der Waals surface area contributed by atoms with Crippen molar-refractivity contribution in [3.63, 3.8) is 0 Å². The van der Waals surface area contributed by atoms with Crippen molar-refractivity contribution in [2.45, 2.75) is 13.5 Å². The van der Waals surface area contributed by atoms with Crippen LogP contribution in [0.1, 0.15) is 34.0 Å². The lowest BCUT2D eigenvalue weighted by atomic mass is 10.1. The maximum atomic E-state index is 12.2. The third kappa shape index (κ3) is 5.93. The zero-order chi connectivity index (χ0) is 22.1. The van der Waals surface area contributed by atoms with Crippen molar-refractivity contribution in [2.75, 3.05) is 6.61 Å². The highest BCUT2D eigenvalue weighted by Crippen LogP contribution is 2.29. The summed E-state index contributed by atoms with van der Waals surface area (Å²) in [5.41, 5.74) is 5.12. The number of hydrazone groups is 1. The Morgan fingerprint density at radius 1 is 1.10 bits per heavy atom. The van der Waals surface area contributed by atoms with Crippen LogP contribution < -0.4 is 14.9 Å². The predicted octanol–water partition coefficient (Wildman–Crippen LogP) is 5.06. The van der Waals surface area contributed by atoms with E-state index < -0.39 is 0 Å². The lowest BCUT2D eigenvalue weighted by molar-refractivity contribution is 0.0954. The molecule has 3 aromatic rings. The fraction of sp³-hybridized carbons (Fsp3) is 0.125. The highest BCUT2D eigenvalue weighted by molar-refractivity contribution is 9.10. The number of nitrogens with zero attached hydrogens (tertiary/aromatic N) is 2. The van der Waals surface area contributed by atoms with Crippen molar-refractivity contribution in [3.05, 3.63) is 93.5 Å². The Morgan fingerprint density at radius 2 is 1.87 bits per heavy atom. The molecule has 0 saturated heterocycles. The molecule has 0 unspecified atom stereocenters. The molecule has 0 spiro atoms. The number of hydrogen-bond donors (Lipinski definition) is 1. The molecule has 31 heavy (non-hydrogen) atoms. The second-order valence-corrected chi connectivity index (χ2v) is 7.23. The van der Waals surface area contributed by atoms with Gasteiger partial charge in [0.25, 0.3) is 5.91 Å². The van der Waals surface area contributed by atoms with Gasteiger partial charge < -0.3 is 9.47 Å². The molecule has 0 heterocycles. The van der Waals surface area contributed by atoms with Gasteiger partial charge in [-0.05, 0) is 64.8 Å². The number of rotatable bonds is 8. The van der Waals surface area contributed by atoms with E-state index in [2.05, 4.69) is 32.5 Å². The van der Waals surface area contributed by atoms with E-state index in [-0.39, 0.29) is 12.5 Å². The zero-order valence-corrected chi connectivity index (χ0v) is 18.4. The fourth-order valence-corrected chi connectivity index (χ4v) is 3.24. The first-order chi connectivity index (χ1) is 15.1. The maximum absolute atomic E-state index is 12.2. The molecule has 3 rings (SSSR count). The molecular formula is C24H20BrN3O3. The average Bonchev–Trinajstić information content (AvgIpc) is 2.79. The zero-order valence-electron chi connectivity index (χ0n) is 16.8. The maximum Gasteiger partial charge on any atom is 0.272 e. The molecule has 0 bridgehead atoms. The van der Waals surface area contributed by atoms with Crippen LogP contribution >= 0.6 is 15.9 Å². The van der Waals surface area contributed by atoms with Crippen LogP contribution in [0.4, 0.5) is 0 Å². The first-order valence-corrected chi connectivity index (χ1v) is 10.4. The summed E-state index contributed by atoms with van der Waals surface area (Å²) >= 11 is 3.35. The molecule has 1 N–H and O–H groups in total. The van der Waals surface area contributed by atoms with E-state index in [0.717, 1.165) is 11.1 Å². The summed E-state index contributed by atoms with van der Waals surface area (Å²) in [6.07, 6.45) is 1.53. The lowest BCUT2D eigenvalue weighted by Gasteiger charge is -2.13. The van der Waals surface area contributed by atoms with Crippen LogP contribution in [-0.4, -0.2) is 18.7 Å². The number of halogens is 1. The fourth-order valence-electron chi connectivity index (χ4n) is 2.77. The monoisotopic (exact) mass is 477 g/mol. The number of hydrogen-bond acceptors (Lipinski definition) is 5. The predicted molar refractivity (Wildman–Crippen MR) is 122 cm³/mol. The Bertz CT molecular complexity index is 1140. The van der Waals surface area contributed by atoms with Crippen LogP contribution in [-0.2, 0) is 6.61 Å². The minimum atomic E-state index is -0.315. The van der Waals surface area contributed by atoms with E-state index in [9.17, 15) is 10.1 Å². The molecule has 0 saturated carbocycles. The van der Waals surface area contributed by atoms with E-state index >= 15 is 0 Å². The third-order valence-corrected chi connectivity index (χ3v) is 4.98. The Hall–Kier alpha value is -3.63. The number of ether oxygens (including phenoxy) is 2. The number of nitriles is 1. The summed E-state index contributed by atoms with van der Waals surface area (Å²) in [6, 6.07) is 21.9. The minimum absolute atomic E-state index is 0.249. The standard InChI is InChI=1S/C24H20BrN3O3/c1-2-30-23-13-17(15-27-28-24(29)20-9-5-6-10-21(20)25)11-12-22(23)31-16-19-8-4-3-7-18(19)14-26/h3-13,15H,2,16H2,1H3,(H,28,29)/b27-15-. The van der Waals surface area contributed by atoms with Crippen LogP contribution in [0.2, 0.25) is 0 Å². The van der Waals surface area contributed by atoms with Gasteiger partial charge >= 0.3 is 0 Å². The van der Waals surface area contributed by atoms with Crippen LogP contribution in [0.5, 0.6) is 11.5 Å². The van der Waals surface area contributed by atoms with E-state index in [4.69, 9.17) is 9.47 Å². The molecule has 6 nitrogen and oxygen atoms in total. The number of nitrogens with one attached hydrogen (secondary N) is 1. The van der Waals surface area contributed by atoms with Gasteiger partial charge in [0.2, 0.25) is 0 Å². The van der Waals surface area contributed by atoms with Gasteiger partial charge in [0.15, 0.2) is 11.5 Å². The summed E-state index contributed by atoms with van der Waals surface area (Å²) in [5.74, 6) is 0.798. The largest absolute Gasteiger partial charge is 0.490 e. The molecule has 0 aliphatic rings. The van der Waals surface area contributed by atoms with Gasteiger partial charge in [-0.1, -0.05) is 30.3 Å². The molecule has 0 radical (unpaired) electrons. The quantitative estimate of drug-likeness (QED) is 0.362. The molecule has 0 aromatic heterocycles. The Labute approximate surface area is 189 Å². The average molecular weight is 478 g/mol. The van der Waals surface area contributed by atoms with Crippen molar-refractivity contribution < 1.29 is 14.3 Å². The molecule has 3 aromatic carbocycles. The smallest absolute Gasteiger partial charge is 0.272 e. The highest BCUT2D eigenvalue weighted by atomic mass is 79.9. The van der Waals surface area contributed by atoms with E-state index in [1.54, 1.807) is 36.4 Å².